The van der Waals surface area contributed by atoms with Crippen LogP contribution in [0.5, 0.6) is 5.75 Å². The molecule has 2 N–H and O–H groups in total. The highest BCUT2D eigenvalue weighted by molar-refractivity contribution is 7.80. The number of hydrogen-bond acceptors (Lipinski definition) is 6. The summed E-state index contributed by atoms with van der Waals surface area (Å²) in [5, 5.41) is 6.60. The van der Waals surface area contributed by atoms with Gasteiger partial charge in [-0.25, -0.2) is 9.59 Å². The number of benzene rings is 2. The summed E-state index contributed by atoms with van der Waals surface area (Å²) in [5.41, 5.74) is 3.96. The van der Waals surface area contributed by atoms with Crippen molar-refractivity contribution in [1.82, 2.24) is 10.6 Å². The van der Waals surface area contributed by atoms with Gasteiger partial charge < -0.3 is 24.8 Å². The maximum atomic E-state index is 12.5. The minimum absolute atomic E-state index is 0.139. The molecule has 7 nitrogen and oxygen atoms in total. The summed E-state index contributed by atoms with van der Waals surface area (Å²) < 4.78 is 15.6. The molecular formula is C24H26N2O5S. The van der Waals surface area contributed by atoms with Gasteiger partial charge in [0.05, 0.1) is 24.8 Å². The summed E-state index contributed by atoms with van der Waals surface area (Å²) in [6.07, 6.45) is 0. The van der Waals surface area contributed by atoms with Gasteiger partial charge >= 0.3 is 11.9 Å². The zero-order valence-electron chi connectivity index (χ0n) is 18.3. The maximum absolute atomic E-state index is 12.5. The normalized spacial score (nSPS) is 15.5. The molecule has 0 fully saturated rings. The molecule has 0 saturated heterocycles. The molecule has 2 aromatic carbocycles. The van der Waals surface area contributed by atoms with Crippen LogP contribution < -0.4 is 15.4 Å². The van der Waals surface area contributed by atoms with Gasteiger partial charge in [0.15, 0.2) is 11.7 Å². The average Bonchev–Trinajstić information content (AvgIpc) is 2.78. The van der Waals surface area contributed by atoms with E-state index in [2.05, 4.69) is 10.6 Å². The van der Waals surface area contributed by atoms with Crippen LogP contribution in [0.1, 0.15) is 32.4 Å². The van der Waals surface area contributed by atoms with Crippen LogP contribution in [0, 0.1) is 0 Å². The minimum atomic E-state index is -0.407. The van der Waals surface area contributed by atoms with E-state index in [0.29, 0.717) is 35.3 Å². The lowest BCUT2D eigenvalue weighted by Gasteiger charge is -2.29. The van der Waals surface area contributed by atoms with Gasteiger partial charge in [-0.05, 0) is 61.8 Å². The molecule has 0 spiro atoms. The Balaban J connectivity index is 1.80. The van der Waals surface area contributed by atoms with Gasteiger partial charge in [-0.2, -0.15) is 0 Å². The highest BCUT2D eigenvalue weighted by atomic mass is 32.1. The van der Waals surface area contributed by atoms with E-state index in [0.717, 1.165) is 16.7 Å². The third-order valence-electron chi connectivity index (χ3n) is 4.84. The van der Waals surface area contributed by atoms with E-state index in [4.69, 9.17) is 26.4 Å². The van der Waals surface area contributed by atoms with Crippen molar-refractivity contribution < 1.29 is 23.8 Å². The number of carbonyl (C=O) groups is 2. The summed E-state index contributed by atoms with van der Waals surface area (Å²) in [7, 11) is 0. The fraction of sp³-hybridized carbons (Fsp3) is 0.292. The van der Waals surface area contributed by atoms with Crippen LogP contribution in [0.2, 0.25) is 0 Å². The van der Waals surface area contributed by atoms with Gasteiger partial charge in [-0.15, -0.1) is 0 Å². The smallest absolute Gasteiger partial charge is 0.344 e. The molecule has 0 radical (unpaired) electrons. The Bertz CT molecular complexity index is 1030. The summed E-state index contributed by atoms with van der Waals surface area (Å²) in [5.74, 6) is -0.212. The first-order valence-electron chi connectivity index (χ1n) is 10.4. The van der Waals surface area contributed by atoms with Crippen LogP contribution in [0.4, 0.5) is 0 Å². The molecule has 3 rings (SSSR count). The number of allylic oxidation sites excluding steroid dienone is 1. The van der Waals surface area contributed by atoms with E-state index >= 15 is 0 Å². The highest BCUT2D eigenvalue weighted by Gasteiger charge is 2.30. The molecule has 32 heavy (non-hydrogen) atoms. The van der Waals surface area contributed by atoms with Crippen LogP contribution in [0.3, 0.4) is 0 Å². The summed E-state index contributed by atoms with van der Waals surface area (Å²) in [4.78, 5) is 24.0. The second-order valence-corrected chi connectivity index (χ2v) is 7.44. The van der Waals surface area contributed by atoms with E-state index in [1.807, 2.05) is 49.4 Å². The standard InChI is InChI=1S/C24H26N2O5S/c1-4-29-20(27)14-31-19-8-6-7-18(13-19)16-9-11-17(12-10-16)22-21(23(28)30-5-2)15(3)25-24(32)26-22/h6-13,22H,4-5,14H2,1-3H3,(H2,25,26,32). The zero-order chi connectivity index (χ0) is 23.1. The third-order valence-corrected chi connectivity index (χ3v) is 5.06. The first-order chi connectivity index (χ1) is 15.4. The van der Waals surface area contributed by atoms with Crippen LogP contribution >= 0.6 is 12.2 Å². The number of rotatable bonds is 8. The molecular weight excluding hydrogens is 428 g/mol. The van der Waals surface area contributed by atoms with Crippen molar-refractivity contribution in [3.63, 3.8) is 0 Å². The number of nitrogens with one attached hydrogen (secondary N) is 2. The zero-order valence-corrected chi connectivity index (χ0v) is 19.1. The maximum Gasteiger partial charge on any atom is 0.344 e. The number of carbonyl (C=O) groups excluding carboxylic acids is 2. The first-order valence-corrected chi connectivity index (χ1v) is 10.8. The lowest BCUT2D eigenvalue weighted by Crippen LogP contribution is -2.45. The molecule has 168 valence electrons. The molecule has 1 aliphatic rings. The Morgan fingerprint density at radius 2 is 1.72 bits per heavy atom. The molecule has 0 amide bonds. The number of ether oxygens (including phenoxy) is 3. The quantitative estimate of drug-likeness (QED) is 0.462. The largest absolute Gasteiger partial charge is 0.482 e. The summed E-state index contributed by atoms with van der Waals surface area (Å²) >= 11 is 5.28. The van der Waals surface area contributed by atoms with Crippen molar-refractivity contribution in [1.29, 1.82) is 0 Å². The second-order valence-electron chi connectivity index (χ2n) is 7.03. The van der Waals surface area contributed by atoms with Crippen molar-refractivity contribution in [2.45, 2.75) is 26.8 Å². The Morgan fingerprint density at radius 1 is 1.00 bits per heavy atom. The Labute approximate surface area is 192 Å². The fourth-order valence-corrected chi connectivity index (χ4v) is 3.67. The van der Waals surface area contributed by atoms with E-state index in [-0.39, 0.29) is 12.6 Å². The van der Waals surface area contributed by atoms with Gasteiger partial charge in [0.1, 0.15) is 5.75 Å². The van der Waals surface area contributed by atoms with Gasteiger partial charge in [0.25, 0.3) is 0 Å². The van der Waals surface area contributed by atoms with Crippen LogP contribution in [0.25, 0.3) is 11.1 Å². The van der Waals surface area contributed by atoms with E-state index < -0.39 is 12.0 Å². The lowest BCUT2D eigenvalue weighted by atomic mass is 9.94. The Morgan fingerprint density at radius 3 is 2.41 bits per heavy atom. The molecule has 2 aromatic rings. The first kappa shape index (κ1) is 23.3. The van der Waals surface area contributed by atoms with Crippen molar-refractivity contribution in [2.75, 3.05) is 19.8 Å². The van der Waals surface area contributed by atoms with Crippen molar-refractivity contribution in [3.8, 4) is 16.9 Å². The van der Waals surface area contributed by atoms with Crippen LogP contribution in [-0.2, 0) is 19.1 Å². The molecule has 0 saturated carbocycles. The highest BCUT2D eigenvalue weighted by Crippen LogP contribution is 2.30. The third kappa shape index (κ3) is 5.64. The average molecular weight is 455 g/mol. The monoisotopic (exact) mass is 454 g/mol. The van der Waals surface area contributed by atoms with Gasteiger partial charge in [-0.1, -0.05) is 36.4 Å². The minimum Gasteiger partial charge on any atom is -0.482 e. The van der Waals surface area contributed by atoms with Gasteiger partial charge in [-0.3, -0.25) is 0 Å². The predicted molar refractivity (Wildman–Crippen MR) is 125 cm³/mol. The molecule has 0 bridgehead atoms. The Kier molecular flexibility index (Phi) is 7.83. The molecule has 1 heterocycles. The molecule has 0 aromatic heterocycles. The van der Waals surface area contributed by atoms with Crippen LogP contribution in [-0.4, -0.2) is 36.9 Å². The predicted octanol–water partition coefficient (Wildman–Crippen LogP) is 3.65. The van der Waals surface area contributed by atoms with Crippen molar-refractivity contribution >= 4 is 29.3 Å². The molecule has 1 aliphatic heterocycles. The molecule has 0 aliphatic carbocycles. The fourth-order valence-electron chi connectivity index (χ4n) is 3.40. The van der Waals surface area contributed by atoms with E-state index in [1.165, 1.54) is 0 Å². The lowest BCUT2D eigenvalue weighted by molar-refractivity contribution is -0.145. The number of thiocarbonyl (C=S) groups is 1. The van der Waals surface area contributed by atoms with E-state index in [9.17, 15) is 9.59 Å². The molecule has 1 atom stereocenters. The second kappa shape index (κ2) is 10.8. The van der Waals surface area contributed by atoms with Crippen molar-refractivity contribution in [2.24, 2.45) is 0 Å². The van der Waals surface area contributed by atoms with Crippen LogP contribution in [0.15, 0.2) is 59.8 Å². The van der Waals surface area contributed by atoms with Gasteiger partial charge in [0.2, 0.25) is 0 Å². The van der Waals surface area contributed by atoms with Crippen molar-refractivity contribution in [3.05, 3.63) is 65.4 Å². The molecule has 1 unspecified atom stereocenters. The summed E-state index contributed by atoms with van der Waals surface area (Å²) in [6.45, 7) is 5.80. The topological polar surface area (TPSA) is 85.9 Å². The summed E-state index contributed by atoms with van der Waals surface area (Å²) in [6, 6.07) is 14.9. The Hall–Kier alpha value is -3.39. The van der Waals surface area contributed by atoms with E-state index in [1.54, 1.807) is 19.9 Å². The van der Waals surface area contributed by atoms with Gasteiger partial charge in [0, 0.05) is 5.70 Å². The SMILES string of the molecule is CCOC(=O)COc1cccc(-c2ccc(C3NC(=S)NC(C)=C3C(=O)OCC)cc2)c1. The molecule has 8 heteroatoms. The number of hydrogen-bond donors (Lipinski definition) is 2. The number of esters is 2.